The zero-order chi connectivity index (χ0) is 25.7. The van der Waals surface area contributed by atoms with Crippen molar-refractivity contribution in [1.82, 2.24) is 0 Å². The summed E-state index contributed by atoms with van der Waals surface area (Å²) in [5, 5.41) is 0. The average molecular weight is 473 g/mol. The lowest BCUT2D eigenvalue weighted by Crippen LogP contribution is -2.68. The van der Waals surface area contributed by atoms with Gasteiger partial charge in [0.05, 0.1) is 0 Å². The largest absolute Gasteiger partial charge is 0.455 e. The third-order valence-corrected chi connectivity index (χ3v) is 8.31. The van der Waals surface area contributed by atoms with E-state index in [1.807, 2.05) is 27.7 Å². The van der Waals surface area contributed by atoms with Crippen LogP contribution >= 0.6 is 0 Å². The van der Waals surface area contributed by atoms with Gasteiger partial charge in [-0.15, -0.1) is 0 Å². The molecule has 34 heavy (non-hydrogen) atoms. The predicted octanol–water partition coefficient (Wildman–Crippen LogP) is 4.11. The van der Waals surface area contributed by atoms with Crippen LogP contribution in [0.25, 0.3) is 0 Å². The number of esters is 3. The minimum absolute atomic E-state index is 0.0393. The lowest BCUT2D eigenvalue weighted by Gasteiger charge is -2.65. The Hall–Kier alpha value is -2.70. The van der Waals surface area contributed by atoms with E-state index in [-0.39, 0.29) is 17.6 Å². The molecule has 0 N–H and O–H groups in total. The van der Waals surface area contributed by atoms with Crippen LogP contribution < -0.4 is 0 Å². The van der Waals surface area contributed by atoms with Crippen LogP contribution in [0.4, 0.5) is 0 Å². The third kappa shape index (κ3) is 3.73. The molecular weight excluding hydrogens is 436 g/mol. The highest BCUT2D eigenvalue weighted by Crippen LogP contribution is 2.72. The van der Waals surface area contributed by atoms with Crippen LogP contribution in [0.3, 0.4) is 0 Å². The molecule has 0 saturated heterocycles. The maximum absolute atomic E-state index is 13.3. The number of carbonyl (C=O) groups is 4. The van der Waals surface area contributed by atoms with Gasteiger partial charge in [0.1, 0.15) is 12.2 Å². The molecule has 7 heteroatoms. The van der Waals surface area contributed by atoms with Crippen LogP contribution in [0.5, 0.6) is 0 Å². The SMILES string of the molecule is C/C=C(/C)C(=O)O[C@@H]1[C@@H](OC(C)=O)[C@@H](OC(=O)/C(C)=C\C)[C@@]2(C)[C@@H]3C(=O)C=C(C)[C@H]2[C@@H]3C1(C)C. The number of allylic oxidation sites excluding steroid dienone is 4. The Morgan fingerprint density at radius 1 is 0.853 bits per heavy atom. The average Bonchev–Trinajstić information content (AvgIpc) is 2.83. The predicted molar refractivity (Wildman–Crippen MR) is 125 cm³/mol. The zero-order valence-electron chi connectivity index (χ0n) is 21.6. The van der Waals surface area contributed by atoms with E-state index in [9.17, 15) is 19.2 Å². The van der Waals surface area contributed by atoms with Crippen molar-refractivity contribution in [1.29, 1.82) is 0 Å². The fourth-order valence-electron chi connectivity index (χ4n) is 6.42. The van der Waals surface area contributed by atoms with E-state index in [4.69, 9.17) is 14.2 Å². The number of ether oxygens (including phenoxy) is 3. The summed E-state index contributed by atoms with van der Waals surface area (Å²) in [4.78, 5) is 51.4. The molecule has 4 bridgehead atoms. The first-order valence-corrected chi connectivity index (χ1v) is 11.8. The Labute approximate surface area is 201 Å². The highest BCUT2D eigenvalue weighted by Gasteiger charge is 2.77. The van der Waals surface area contributed by atoms with Crippen molar-refractivity contribution in [2.24, 2.45) is 28.6 Å². The van der Waals surface area contributed by atoms with E-state index in [2.05, 4.69) is 0 Å². The van der Waals surface area contributed by atoms with Crippen LogP contribution in [0.1, 0.15) is 62.3 Å². The molecule has 0 aromatic rings. The van der Waals surface area contributed by atoms with Gasteiger partial charge in [0.25, 0.3) is 0 Å². The van der Waals surface area contributed by atoms with Gasteiger partial charge in [-0.3, -0.25) is 9.59 Å². The highest BCUT2D eigenvalue weighted by molar-refractivity contribution is 5.97. The monoisotopic (exact) mass is 472 g/mol. The maximum Gasteiger partial charge on any atom is 0.333 e. The lowest BCUT2D eigenvalue weighted by molar-refractivity contribution is -0.213. The Balaban J connectivity index is 2.24. The Kier molecular flexibility index (Phi) is 6.72. The molecule has 0 aliphatic heterocycles. The molecule has 4 aliphatic carbocycles. The van der Waals surface area contributed by atoms with E-state index >= 15 is 0 Å². The first-order valence-electron chi connectivity index (χ1n) is 11.8. The van der Waals surface area contributed by atoms with E-state index in [1.54, 1.807) is 45.9 Å². The molecule has 7 nitrogen and oxygen atoms in total. The van der Waals surface area contributed by atoms with Crippen LogP contribution in [0.2, 0.25) is 0 Å². The number of ketones is 1. The quantitative estimate of drug-likeness (QED) is 0.337. The van der Waals surface area contributed by atoms with Gasteiger partial charge >= 0.3 is 17.9 Å². The van der Waals surface area contributed by atoms with Gasteiger partial charge in [-0.05, 0) is 52.5 Å². The molecule has 0 spiro atoms. The standard InChI is InChI=1S/C27H36O7/c1-10-13(3)24(30)33-22-21(32-16(6)28)23(34-25(31)14(4)11-2)27(9)18-15(5)12-17(29)19(27)20(18)26(22,7)8/h10-12,18-23H,1-9H3/b13-10-,14-11-/t18-,19+,20-,21+,22+,23+,27+/m0/s1. The Morgan fingerprint density at radius 2 is 1.35 bits per heavy atom. The van der Waals surface area contributed by atoms with Gasteiger partial charge in [0, 0.05) is 34.8 Å². The smallest absolute Gasteiger partial charge is 0.333 e. The number of hydrogen-bond acceptors (Lipinski definition) is 7. The van der Waals surface area contributed by atoms with Crippen molar-refractivity contribution in [3.8, 4) is 0 Å². The van der Waals surface area contributed by atoms with Gasteiger partial charge in [-0.2, -0.15) is 0 Å². The fraction of sp³-hybridized carbons (Fsp3) is 0.630. The zero-order valence-corrected chi connectivity index (χ0v) is 21.6. The normalized spacial score (nSPS) is 36.5. The second kappa shape index (κ2) is 8.82. The molecule has 0 aromatic carbocycles. The second-order valence-corrected chi connectivity index (χ2v) is 10.6. The number of carbonyl (C=O) groups excluding carboxylic acids is 4. The van der Waals surface area contributed by atoms with Crippen LogP contribution in [0.15, 0.2) is 34.9 Å². The minimum Gasteiger partial charge on any atom is -0.455 e. The Morgan fingerprint density at radius 3 is 1.79 bits per heavy atom. The van der Waals surface area contributed by atoms with Crippen LogP contribution in [-0.2, 0) is 33.4 Å². The first-order chi connectivity index (χ1) is 15.7. The van der Waals surface area contributed by atoms with Crippen molar-refractivity contribution in [2.75, 3.05) is 0 Å². The molecule has 3 saturated carbocycles. The van der Waals surface area contributed by atoms with Crippen molar-refractivity contribution in [2.45, 2.75) is 80.6 Å². The van der Waals surface area contributed by atoms with Crippen molar-refractivity contribution >= 4 is 23.7 Å². The van der Waals surface area contributed by atoms with E-state index in [0.717, 1.165) is 5.57 Å². The molecule has 186 valence electrons. The number of hydrogen-bond donors (Lipinski definition) is 0. The topological polar surface area (TPSA) is 96.0 Å². The molecule has 0 unspecified atom stereocenters. The summed E-state index contributed by atoms with van der Waals surface area (Å²) < 4.78 is 17.8. The first kappa shape index (κ1) is 25.9. The molecule has 4 aliphatic rings. The van der Waals surface area contributed by atoms with Gasteiger partial charge in [0.15, 0.2) is 11.9 Å². The molecule has 3 fully saturated rings. The van der Waals surface area contributed by atoms with Gasteiger partial charge < -0.3 is 14.2 Å². The molecular formula is C27H36O7. The van der Waals surface area contributed by atoms with E-state index in [1.165, 1.54) is 6.92 Å². The summed E-state index contributed by atoms with van der Waals surface area (Å²) in [7, 11) is 0. The Bertz CT molecular complexity index is 1010. The van der Waals surface area contributed by atoms with Gasteiger partial charge in [-0.25, -0.2) is 9.59 Å². The summed E-state index contributed by atoms with van der Waals surface area (Å²) in [5.41, 5.74) is 0.145. The van der Waals surface area contributed by atoms with Crippen molar-refractivity contribution in [3.05, 3.63) is 34.9 Å². The molecule has 7 atom stereocenters. The number of fused-ring (bicyclic) bond motifs is 3. The molecule has 4 rings (SSSR count). The van der Waals surface area contributed by atoms with Crippen molar-refractivity contribution < 1.29 is 33.4 Å². The van der Waals surface area contributed by atoms with Crippen LogP contribution in [-0.4, -0.2) is 42.0 Å². The maximum atomic E-state index is 13.3. The van der Waals surface area contributed by atoms with Gasteiger partial charge in [-0.1, -0.05) is 38.5 Å². The van der Waals surface area contributed by atoms with Crippen LogP contribution in [0, 0.1) is 28.6 Å². The summed E-state index contributed by atoms with van der Waals surface area (Å²) in [5.74, 6) is -2.44. The van der Waals surface area contributed by atoms with Crippen molar-refractivity contribution in [3.63, 3.8) is 0 Å². The summed E-state index contributed by atoms with van der Waals surface area (Å²) in [6.45, 7) is 15.7. The summed E-state index contributed by atoms with van der Waals surface area (Å²) in [6, 6.07) is 0. The summed E-state index contributed by atoms with van der Waals surface area (Å²) >= 11 is 0. The molecule has 0 aromatic heterocycles. The highest BCUT2D eigenvalue weighted by atomic mass is 16.6. The lowest BCUT2D eigenvalue weighted by atomic mass is 9.37. The number of rotatable bonds is 5. The van der Waals surface area contributed by atoms with Gasteiger partial charge in [0.2, 0.25) is 0 Å². The molecule has 0 amide bonds. The minimum atomic E-state index is -1.07. The fourth-order valence-corrected chi connectivity index (χ4v) is 6.42. The van der Waals surface area contributed by atoms with E-state index < -0.39 is 53.0 Å². The molecule has 0 radical (unpaired) electrons. The summed E-state index contributed by atoms with van der Waals surface area (Å²) in [6.07, 6.45) is 1.96. The third-order valence-electron chi connectivity index (χ3n) is 8.31. The van der Waals surface area contributed by atoms with E-state index in [0.29, 0.717) is 11.1 Å². The second-order valence-electron chi connectivity index (χ2n) is 10.6. The molecule has 0 heterocycles.